The zero-order valence-electron chi connectivity index (χ0n) is 17.6. The monoisotopic (exact) mass is 400 g/mol. The lowest BCUT2D eigenvalue weighted by molar-refractivity contribution is -0.231. The Morgan fingerprint density at radius 3 is 2.38 bits per heavy atom. The minimum atomic E-state index is -0.796. The lowest BCUT2D eigenvalue weighted by Gasteiger charge is -2.35. The van der Waals surface area contributed by atoms with Gasteiger partial charge in [0.05, 0.1) is 11.9 Å². The number of nitrogens with two attached hydrogens (primary N) is 1. The molecule has 29 heavy (non-hydrogen) atoms. The predicted octanol–water partition coefficient (Wildman–Crippen LogP) is 3.87. The number of fused-ring (bicyclic) bond motifs is 1. The molecule has 0 spiro atoms. The topological polar surface area (TPSA) is 107 Å². The Kier molecular flexibility index (Phi) is 5.27. The highest BCUT2D eigenvalue weighted by molar-refractivity contribution is 5.80. The lowest BCUT2D eigenvalue weighted by atomic mass is 10.2. The summed E-state index contributed by atoms with van der Waals surface area (Å²) in [6.07, 6.45) is 1.75. The molecule has 3 rings (SSSR count). The molecule has 0 saturated heterocycles. The molecule has 9 nitrogen and oxygen atoms in total. The van der Waals surface area contributed by atoms with Gasteiger partial charge in [0.15, 0.2) is 6.17 Å². The molecular weight excluding hydrogens is 372 g/mol. The van der Waals surface area contributed by atoms with Gasteiger partial charge < -0.3 is 15.8 Å². The van der Waals surface area contributed by atoms with Crippen LogP contribution in [-0.4, -0.2) is 38.2 Å². The summed E-state index contributed by atoms with van der Waals surface area (Å²) in [6, 6.07) is 7.39. The number of nitrogen functional groups attached to an aromatic ring is 1. The maximum atomic E-state index is 12.9. The normalized spacial score (nSPS) is 16.1. The first-order valence-corrected chi connectivity index (χ1v) is 9.37. The molecule has 9 heteroatoms. The van der Waals surface area contributed by atoms with Crippen molar-refractivity contribution in [3.63, 3.8) is 0 Å². The van der Waals surface area contributed by atoms with E-state index in [4.69, 9.17) is 15.3 Å². The second-order valence-corrected chi connectivity index (χ2v) is 8.75. The number of carbonyl (C=O) groups is 1. The van der Waals surface area contributed by atoms with Crippen LogP contribution in [0.15, 0.2) is 35.6 Å². The maximum Gasteiger partial charge on any atom is 0.436 e. The van der Waals surface area contributed by atoms with Crippen LogP contribution in [-0.2, 0) is 9.57 Å². The number of hydroxylamine groups is 2. The average Bonchev–Trinajstić information content (AvgIpc) is 3.02. The maximum absolute atomic E-state index is 12.9. The fraction of sp³-hybridized carbons (Fsp3) is 0.450. The third-order valence-electron chi connectivity index (χ3n) is 3.80. The van der Waals surface area contributed by atoms with Gasteiger partial charge in [0.25, 0.3) is 0 Å². The number of hydrogen-bond donors (Lipinski definition) is 2. The summed E-state index contributed by atoms with van der Waals surface area (Å²) >= 11 is 0. The van der Waals surface area contributed by atoms with Crippen molar-refractivity contribution in [2.75, 3.05) is 11.1 Å². The number of ether oxygens (including phenoxy) is 1. The zero-order chi connectivity index (χ0) is 21.4. The van der Waals surface area contributed by atoms with Crippen molar-refractivity contribution in [2.24, 2.45) is 4.99 Å². The highest BCUT2D eigenvalue weighted by atomic mass is 16.7. The number of aromatic nitrogens is 2. The van der Waals surface area contributed by atoms with Gasteiger partial charge >= 0.3 is 6.09 Å². The van der Waals surface area contributed by atoms with E-state index in [0.717, 1.165) is 10.8 Å². The lowest BCUT2D eigenvalue weighted by Crippen LogP contribution is -2.44. The van der Waals surface area contributed by atoms with E-state index in [2.05, 4.69) is 15.3 Å². The highest BCUT2D eigenvalue weighted by Crippen LogP contribution is 2.34. The predicted molar refractivity (Wildman–Crippen MR) is 112 cm³/mol. The molecule has 2 heterocycles. The Bertz CT molecular complexity index is 906. The van der Waals surface area contributed by atoms with Gasteiger partial charge in [0, 0.05) is 11.4 Å². The summed E-state index contributed by atoms with van der Waals surface area (Å²) in [7, 11) is 0. The highest BCUT2D eigenvalue weighted by Gasteiger charge is 2.37. The number of benzene rings is 1. The van der Waals surface area contributed by atoms with Gasteiger partial charge in [-0.2, -0.15) is 5.06 Å². The Hall–Kier alpha value is -3.07. The number of hydrogen-bond acceptors (Lipinski definition) is 7. The fourth-order valence-corrected chi connectivity index (χ4v) is 2.73. The quantitative estimate of drug-likeness (QED) is 0.598. The summed E-state index contributed by atoms with van der Waals surface area (Å²) in [5.41, 5.74) is 6.55. The van der Waals surface area contributed by atoms with Crippen LogP contribution in [0.2, 0.25) is 0 Å². The van der Waals surface area contributed by atoms with Crippen LogP contribution in [0.25, 0.3) is 5.69 Å². The Morgan fingerprint density at radius 1 is 1.14 bits per heavy atom. The van der Waals surface area contributed by atoms with Crippen molar-refractivity contribution >= 4 is 23.9 Å². The van der Waals surface area contributed by atoms with E-state index in [0.29, 0.717) is 17.2 Å². The van der Waals surface area contributed by atoms with Crippen molar-refractivity contribution in [1.82, 2.24) is 14.6 Å². The zero-order valence-corrected chi connectivity index (χ0v) is 17.6. The molecule has 0 fully saturated rings. The minimum absolute atomic E-state index is 0.541. The Balaban J connectivity index is 1.98. The third-order valence-corrected chi connectivity index (χ3v) is 3.80. The molecule has 0 bridgehead atoms. The Labute approximate surface area is 170 Å². The van der Waals surface area contributed by atoms with Gasteiger partial charge in [-0.15, -0.1) is 0 Å². The van der Waals surface area contributed by atoms with Crippen LogP contribution in [0, 0.1) is 0 Å². The largest absolute Gasteiger partial charge is 0.442 e. The second-order valence-electron chi connectivity index (χ2n) is 8.75. The summed E-state index contributed by atoms with van der Waals surface area (Å²) in [5.74, 6) is 0.681. The van der Waals surface area contributed by atoms with Crippen molar-refractivity contribution in [1.29, 1.82) is 0 Å². The molecule has 1 amide bonds. The Morgan fingerprint density at radius 2 is 1.79 bits per heavy atom. The smallest absolute Gasteiger partial charge is 0.436 e. The van der Waals surface area contributed by atoms with Crippen LogP contribution < -0.4 is 11.1 Å². The number of amides is 1. The van der Waals surface area contributed by atoms with Crippen molar-refractivity contribution in [2.45, 2.75) is 58.9 Å². The summed E-state index contributed by atoms with van der Waals surface area (Å²) in [5, 5.41) is 4.24. The van der Waals surface area contributed by atoms with Crippen LogP contribution in [0.5, 0.6) is 0 Å². The van der Waals surface area contributed by atoms with Crippen LogP contribution >= 0.6 is 0 Å². The molecule has 1 atom stereocenters. The molecule has 0 saturated carbocycles. The summed E-state index contributed by atoms with van der Waals surface area (Å²) in [6.45, 7) is 10.9. The molecule has 1 aliphatic heterocycles. The second kappa shape index (κ2) is 7.40. The number of rotatable bonds is 3. The van der Waals surface area contributed by atoms with Gasteiger partial charge in [-0.3, -0.25) is 9.40 Å². The first-order valence-electron chi connectivity index (χ1n) is 9.37. The van der Waals surface area contributed by atoms with Gasteiger partial charge in [-0.05, 0) is 65.8 Å². The number of nitrogens with one attached hydrogen (secondary N) is 1. The van der Waals surface area contributed by atoms with Crippen molar-refractivity contribution < 1.29 is 14.4 Å². The van der Waals surface area contributed by atoms with Crippen LogP contribution in [0.4, 0.5) is 16.3 Å². The minimum Gasteiger partial charge on any atom is -0.442 e. The van der Waals surface area contributed by atoms with E-state index in [9.17, 15) is 4.79 Å². The third kappa shape index (κ3) is 4.86. The van der Waals surface area contributed by atoms with Gasteiger partial charge in [-0.1, -0.05) is 0 Å². The van der Waals surface area contributed by atoms with E-state index < -0.39 is 23.5 Å². The van der Waals surface area contributed by atoms with Gasteiger partial charge in [0.1, 0.15) is 23.4 Å². The molecule has 1 aromatic carbocycles. The molecule has 2 aromatic rings. The number of nitrogens with zero attached hydrogens (tertiary/aromatic N) is 4. The molecule has 1 aromatic heterocycles. The molecule has 0 radical (unpaired) electrons. The number of anilines is 2. The van der Waals surface area contributed by atoms with Gasteiger partial charge in [0.2, 0.25) is 0 Å². The van der Waals surface area contributed by atoms with Gasteiger partial charge in [-0.25, -0.2) is 14.8 Å². The van der Waals surface area contributed by atoms with E-state index >= 15 is 0 Å². The summed E-state index contributed by atoms with van der Waals surface area (Å²) < 4.78 is 7.40. The first-order chi connectivity index (χ1) is 13.4. The molecule has 3 N–H and O–H groups in total. The van der Waals surface area contributed by atoms with E-state index in [1.54, 1.807) is 27.1 Å². The van der Waals surface area contributed by atoms with E-state index in [1.165, 1.54) is 6.34 Å². The standard InChI is InChI=1S/C20H28N6O3/c1-19(2,3)28-18(27)26(29-20(4,5)6)17-15-16(22-11-23-17)25(12-24-15)14-9-7-13(21)8-10-14/h7-12,17H,21H2,1-6H3,(H,22,23). The van der Waals surface area contributed by atoms with Crippen LogP contribution in [0.3, 0.4) is 0 Å². The molecule has 1 aliphatic rings. The SMILES string of the molecule is CC(C)(C)OC(=O)N(OC(C)(C)C)C1N=CNc2c1ncn2-c1ccc(N)cc1. The molecule has 1 unspecified atom stereocenters. The van der Waals surface area contributed by atoms with E-state index in [1.807, 2.05) is 49.6 Å². The number of aliphatic imine (C=N–C) groups is 1. The van der Waals surface area contributed by atoms with E-state index in [-0.39, 0.29) is 0 Å². The first kappa shape index (κ1) is 20.7. The van der Waals surface area contributed by atoms with Crippen LogP contribution in [0.1, 0.15) is 53.4 Å². The molecule has 156 valence electrons. The summed E-state index contributed by atoms with van der Waals surface area (Å²) in [4.78, 5) is 27.7. The number of imidazole rings is 1. The molecular formula is C20H28N6O3. The fourth-order valence-electron chi connectivity index (χ4n) is 2.73. The number of carbonyl (C=O) groups excluding carboxylic acids is 1. The van der Waals surface area contributed by atoms with Crippen molar-refractivity contribution in [3.05, 3.63) is 36.3 Å². The average molecular weight is 400 g/mol. The molecule has 0 aliphatic carbocycles. The van der Waals surface area contributed by atoms with Crippen molar-refractivity contribution in [3.8, 4) is 5.69 Å².